The molecule has 0 bridgehead atoms. The first-order valence-electron chi connectivity index (χ1n) is 6.86. The minimum Gasteiger partial charge on any atom is -0.506 e. The lowest BCUT2D eigenvalue weighted by atomic mass is 9.84. The lowest BCUT2D eigenvalue weighted by Gasteiger charge is -2.18. The minimum atomic E-state index is -0.169. The van der Waals surface area contributed by atoms with E-state index >= 15 is 0 Å². The van der Waals surface area contributed by atoms with Crippen molar-refractivity contribution in [1.82, 2.24) is 0 Å². The Morgan fingerprint density at radius 1 is 1.14 bits per heavy atom. The number of rotatable bonds is 2. The number of hydrogen-bond donors (Lipinski definition) is 1. The molecule has 2 aromatic rings. The van der Waals surface area contributed by atoms with E-state index in [1.165, 1.54) is 0 Å². The van der Waals surface area contributed by atoms with E-state index in [2.05, 4.69) is 0 Å². The van der Waals surface area contributed by atoms with Crippen molar-refractivity contribution >= 4 is 29.0 Å². The summed E-state index contributed by atoms with van der Waals surface area (Å²) < 4.78 is 0. The molecular formula is C17H14Cl2O2. The summed E-state index contributed by atoms with van der Waals surface area (Å²) in [6.45, 7) is 1.99. The molecule has 2 nitrogen and oxygen atoms in total. The number of halogens is 2. The van der Waals surface area contributed by atoms with Gasteiger partial charge >= 0.3 is 0 Å². The molecule has 1 N–H and O–H groups in total. The van der Waals surface area contributed by atoms with Crippen molar-refractivity contribution in [3.63, 3.8) is 0 Å². The number of phenols is 1. The van der Waals surface area contributed by atoms with Crippen LogP contribution >= 0.6 is 23.2 Å². The van der Waals surface area contributed by atoms with Gasteiger partial charge in [-0.25, -0.2) is 0 Å². The van der Waals surface area contributed by atoms with Gasteiger partial charge in [0, 0.05) is 17.4 Å². The molecule has 2 atom stereocenters. The average molecular weight is 321 g/mol. The van der Waals surface area contributed by atoms with Gasteiger partial charge in [0.2, 0.25) is 0 Å². The molecule has 0 aliphatic heterocycles. The van der Waals surface area contributed by atoms with Crippen LogP contribution < -0.4 is 0 Å². The highest BCUT2D eigenvalue weighted by Crippen LogP contribution is 2.50. The van der Waals surface area contributed by atoms with E-state index in [0.717, 1.165) is 11.1 Å². The summed E-state index contributed by atoms with van der Waals surface area (Å²) in [6.07, 6.45) is 0.710. The molecule has 1 aliphatic rings. The maximum atomic E-state index is 12.7. The Kier molecular flexibility index (Phi) is 3.68. The van der Waals surface area contributed by atoms with Crippen LogP contribution in [0.5, 0.6) is 5.75 Å². The number of aromatic hydroxyl groups is 1. The number of ketones is 1. The third-order valence-corrected chi connectivity index (χ3v) is 4.99. The average Bonchev–Trinajstić information content (AvgIpc) is 2.77. The molecule has 0 saturated carbocycles. The first-order chi connectivity index (χ1) is 10.1. The second-order valence-electron chi connectivity index (χ2n) is 5.26. The predicted molar refractivity (Wildman–Crippen MR) is 84.5 cm³/mol. The van der Waals surface area contributed by atoms with Crippen LogP contribution in [0.4, 0.5) is 0 Å². The van der Waals surface area contributed by atoms with Gasteiger partial charge in [0.25, 0.3) is 0 Å². The Balaban J connectivity index is 2.26. The summed E-state index contributed by atoms with van der Waals surface area (Å²) in [6, 6.07) is 11.4. The first kappa shape index (κ1) is 14.4. The molecule has 0 unspecified atom stereocenters. The third kappa shape index (κ3) is 2.14. The topological polar surface area (TPSA) is 37.3 Å². The molecule has 108 valence electrons. The van der Waals surface area contributed by atoms with Crippen LogP contribution in [0.3, 0.4) is 0 Å². The Labute approximate surface area is 133 Å². The summed E-state index contributed by atoms with van der Waals surface area (Å²) in [7, 11) is 0. The van der Waals surface area contributed by atoms with E-state index in [0.29, 0.717) is 12.0 Å². The Bertz CT molecular complexity index is 710. The number of hydrogen-bond acceptors (Lipinski definition) is 2. The standard InChI is InChI=1S/C17H14Cl2O2/c1-2-10-13(9-6-4-3-5-7-9)11-8-12(20)15(18)16(19)14(11)17(10)21/h3-8,10,13,20H,2H2,1H3/t10-,13-/m0/s1. The molecule has 2 aromatic carbocycles. The van der Waals surface area contributed by atoms with Gasteiger partial charge in [-0.1, -0.05) is 60.5 Å². The van der Waals surface area contributed by atoms with Crippen molar-refractivity contribution in [2.75, 3.05) is 0 Å². The number of carbonyl (C=O) groups is 1. The maximum absolute atomic E-state index is 12.7. The molecular weight excluding hydrogens is 307 g/mol. The molecule has 3 rings (SSSR count). The van der Waals surface area contributed by atoms with Crippen LogP contribution in [0.15, 0.2) is 36.4 Å². The fourth-order valence-electron chi connectivity index (χ4n) is 3.17. The molecule has 0 fully saturated rings. The van der Waals surface area contributed by atoms with E-state index < -0.39 is 0 Å². The first-order valence-corrected chi connectivity index (χ1v) is 7.61. The largest absolute Gasteiger partial charge is 0.506 e. The summed E-state index contributed by atoms with van der Waals surface area (Å²) in [5.41, 5.74) is 2.28. The van der Waals surface area contributed by atoms with Crippen molar-refractivity contribution in [2.24, 2.45) is 5.92 Å². The van der Waals surface area contributed by atoms with Gasteiger partial charge in [0.1, 0.15) is 10.8 Å². The van der Waals surface area contributed by atoms with E-state index in [1.807, 2.05) is 37.3 Å². The van der Waals surface area contributed by atoms with Crippen molar-refractivity contribution < 1.29 is 9.90 Å². The quantitative estimate of drug-likeness (QED) is 0.840. The number of carbonyl (C=O) groups excluding carboxylic acids is 1. The highest BCUT2D eigenvalue weighted by Gasteiger charge is 2.41. The number of Topliss-reactive ketones (excluding diaryl/α,β-unsaturated/α-hetero) is 1. The smallest absolute Gasteiger partial charge is 0.168 e. The van der Waals surface area contributed by atoms with E-state index in [-0.39, 0.29) is 33.4 Å². The Morgan fingerprint density at radius 2 is 1.81 bits per heavy atom. The van der Waals surface area contributed by atoms with Crippen molar-refractivity contribution in [3.8, 4) is 5.75 Å². The van der Waals surface area contributed by atoms with Gasteiger partial charge < -0.3 is 5.11 Å². The van der Waals surface area contributed by atoms with Gasteiger partial charge in [-0.2, -0.15) is 0 Å². The van der Waals surface area contributed by atoms with Crippen LogP contribution in [0.1, 0.15) is 40.7 Å². The monoisotopic (exact) mass is 320 g/mol. The van der Waals surface area contributed by atoms with E-state index in [1.54, 1.807) is 6.07 Å². The summed E-state index contributed by atoms with van der Waals surface area (Å²) in [5, 5.41) is 10.2. The van der Waals surface area contributed by atoms with Gasteiger partial charge in [0.05, 0.1) is 5.02 Å². The Morgan fingerprint density at radius 3 is 2.43 bits per heavy atom. The van der Waals surface area contributed by atoms with Crippen molar-refractivity contribution in [1.29, 1.82) is 0 Å². The van der Waals surface area contributed by atoms with Crippen LogP contribution in [0, 0.1) is 5.92 Å². The highest BCUT2D eigenvalue weighted by molar-refractivity contribution is 6.45. The lowest BCUT2D eigenvalue weighted by Crippen LogP contribution is -2.13. The fraction of sp³-hybridized carbons (Fsp3) is 0.235. The predicted octanol–water partition coefficient (Wildman–Crippen LogP) is 5.05. The van der Waals surface area contributed by atoms with Crippen LogP contribution in [0.2, 0.25) is 10.0 Å². The molecule has 21 heavy (non-hydrogen) atoms. The molecule has 0 heterocycles. The summed E-state index contributed by atoms with van der Waals surface area (Å²) >= 11 is 12.2. The molecule has 4 heteroatoms. The van der Waals surface area contributed by atoms with Crippen molar-refractivity contribution in [2.45, 2.75) is 19.3 Å². The van der Waals surface area contributed by atoms with Gasteiger partial charge in [-0.15, -0.1) is 0 Å². The number of benzene rings is 2. The molecule has 0 amide bonds. The summed E-state index contributed by atoms with van der Waals surface area (Å²) in [4.78, 5) is 12.7. The molecule has 0 radical (unpaired) electrons. The fourth-order valence-corrected chi connectivity index (χ4v) is 3.62. The second-order valence-corrected chi connectivity index (χ2v) is 6.01. The van der Waals surface area contributed by atoms with Crippen LogP contribution in [-0.4, -0.2) is 10.9 Å². The van der Waals surface area contributed by atoms with Gasteiger partial charge in [-0.05, 0) is 23.6 Å². The summed E-state index contributed by atoms with van der Waals surface area (Å²) in [5.74, 6) is -0.323. The number of phenolic OH excluding ortho intramolecular Hbond substituents is 1. The van der Waals surface area contributed by atoms with Crippen LogP contribution in [-0.2, 0) is 0 Å². The Hall–Kier alpha value is -1.51. The molecule has 0 spiro atoms. The zero-order chi connectivity index (χ0) is 15.1. The van der Waals surface area contributed by atoms with E-state index in [4.69, 9.17) is 23.2 Å². The zero-order valence-corrected chi connectivity index (χ0v) is 12.9. The lowest BCUT2D eigenvalue weighted by molar-refractivity contribution is 0.0926. The third-order valence-electron chi connectivity index (χ3n) is 4.14. The maximum Gasteiger partial charge on any atom is 0.168 e. The van der Waals surface area contributed by atoms with E-state index in [9.17, 15) is 9.90 Å². The normalized spacial score (nSPS) is 20.6. The SMILES string of the molecule is CC[C@@H]1C(=O)c2c(cc(O)c(Cl)c2Cl)[C@H]1c1ccccc1. The minimum absolute atomic E-state index is 0.00764. The van der Waals surface area contributed by atoms with Crippen molar-refractivity contribution in [3.05, 3.63) is 63.1 Å². The number of fused-ring (bicyclic) bond motifs is 1. The second kappa shape index (κ2) is 5.36. The van der Waals surface area contributed by atoms with Gasteiger partial charge in [0.15, 0.2) is 5.78 Å². The zero-order valence-electron chi connectivity index (χ0n) is 11.4. The molecule has 1 aliphatic carbocycles. The molecule has 0 aromatic heterocycles. The van der Waals surface area contributed by atoms with Gasteiger partial charge in [-0.3, -0.25) is 4.79 Å². The van der Waals surface area contributed by atoms with Crippen LogP contribution in [0.25, 0.3) is 0 Å². The molecule has 0 saturated heterocycles. The highest BCUT2D eigenvalue weighted by atomic mass is 35.5.